The van der Waals surface area contributed by atoms with Gasteiger partial charge in [-0.3, -0.25) is 4.98 Å². The Labute approximate surface area is 124 Å². The maximum atomic E-state index is 9.31. The van der Waals surface area contributed by atoms with Gasteiger partial charge >= 0.3 is 0 Å². The third-order valence-electron chi connectivity index (χ3n) is 3.51. The van der Waals surface area contributed by atoms with Crippen LogP contribution in [0.4, 0.5) is 0 Å². The molecule has 1 aromatic carbocycles. The first kappa shape index (κ1) is 13.6. The Morgan fingerprint density at radius 2 is 2.19 bits per heavy atom. The molecule has 4 nitrogen and oxygen atoms in total. The number of benzene rings is 1. The molecular formula is C17H17N3O. The number of rotatable bonds is 5. The van der Waals surface area contributed by atoms with Gasteiger partial charge in [0.2, 0.25) is 0 Å². The first-order valence-electron chi connectivity index (χ1n) is 7.12. The molecule has 3 rings (SSSR count). The first-order chi connectivity index (χ1) is 10.3. The Morgan fingerprint density at radius 3 is 2.90 bits per heavy atom. The lowest BCUT2D eigenvalue weighted by Gasteiger charge is -2.10. The van der Waals surface area contributed by atoms with E-state index in [4.69, 9.17) is 4.74 Å². The van der Waals surface area contributed by atoms with Gasteiger partial charge in [-0.1, -0.05) is 6.07 Å². The third-order valence-corrected chi connectivity index (χ3v) is 3.51. The van der Waals surface area contributed by atoms with E-state index in [9.17, 15) is 5.26 Å². The average Bonchev–Trinajstić information content (AvgIpc) is 3.32. The summed E-state index contributed by atoms with van der Waals surface area (Å²) in [6, 6.07) is 12.3. The molecule has 21 heavy (non-hydrogen) atoms. The molecule has 0 aliphatic heterocycles. The van der Waals surface area contributed by atoms with Crippen LogP contribution in [-0.2, 0) is 6.54 Å². The number of ether oxygens (including phenoxy) is 1. The quantitative estimate of drug-likeness (QED) is 0.912. The maximum absolute atomic E-state index is 9.31. The van der Waals surface area contributed by atoms with Gasteiger partial charge in [0.15, 0.2) is 0 Å². The van der Waals surface area contributed by atoms with Crippen molar-refractivity contribution in [1.82, 2.24) is 10.3 Å². The molecule has 0 saturated heterocycles. The molecule has 0 unspecified atom stereocenters. The van der Waals surface area contributed by atoms with Crippen molar-refractivity contribution in [3.05, 3.63) is 53.3 Å². The Bertz CT molecular complexity index is 687. The SMILES string of the molecule is Cc1ncccc1Oc1ccc(CNC2CC2)cc1C#N. The van der Waals surface area contributed by atoms with E-state index in [1.807, 2.05) is 37.3 Å². The molecule has 1 saturated carbocycles. The Hall–Kier alpha value is -2.38. The van der Waals surface area contributed by atoms with Crippen LogP contribution in [0.5, 0.6) is 11.5 Å². The van der Waals surface area contributed by atoms with E-state index in [0.717, 1.165) is 17.8 Å². The molecule has 1 aliphatic rings. The summed E-state index contributed by atoms with van der Waals surface area (Å²) in [6.07, 6.45) is 4.24. The molecule has 1 N–H and O–H groups in total. The van der Waals surface area contributed by atoms with Crippen molar-refractivity contribution in [3.63, 3.8) is 0 Å². The van der Waals surface area contributed by atoms with Gasteiger partial charge in [-0.15, -0.1) is 0 Å². The Kier molecular flexibility index (Phi) is 3.85. The van der Waals surface area contributed by atoms with Gasteiger partial charge in [0.1, 0.15) is 17.6 Å². The van der Waals surface area contributed by atoms with Crippen molar-refractivity contribution in [2.24, 2.45) is 0 Å². The molecule has 0 spiro atoms. The van der Waals surface area contributed by atoms with Crippen LogP contribution in [0.3, 0.4) is 0 Å². The molecule has 1 aliphatic carbocycles. The van der Waals surface area contributed by atoms with Crippen LogP contribution < -0.4 is 10.1 Å². The largest absolute Gasteiger partial charge is 0.454 e. The predicted octanol–water partition coefficient (Wildman–Crippen LogP) is 3.31. The van der Waals surface area contributed by atoms with E-state index in [1.54, 1.807) is 6.20 Å². The lowest BCUT2D eigenvalue weighted by molar-refractivity contribution is 0.474. The molecule has 0 amide bonds. The minimum absolute atomic E-state index is 0.549. The van der Waals surface area contributed by atoms with Gasteiger partial charge in [0, 0.05) is 18.8 Å². The zero-order chi connectivity index (χ0) is 14.7. The molecular weight excluding hydrogens is 262 g/mol. The van der Waals surface area contributed by atoms with E-state index in [-0.39, 0.29) is 0 Å². The highest BCUT2D eigenvalue weighted by atomic mass is 16.5. The monoisotopic (exact) mass is 279 g/mol. The number of nitriles is 1. The first-order valence-corrected chi connectivity index (χ1v) is 7.12. The standard InChI is InChI=1S/C17H17N3O/c1-12-16(3-2-8-19-12)21-17-7-4-13(9-14(17)10-18)11-20-15-5-6-15/h2-4,7-9,15,20H,5-6,11H2,1H3. The van der Waals surface area contributed by atoms with Crippen LogP contribution >= 0.6 is 0 Å². The highest BCUT2D eigenvalue weighted by molar-refractivity contribution is 5.47. The average molecular weight is 279 g/mol. The molecule has 1 aromatic heterocycles. The van der Waals surface area contributed by atoms with E-state index < -0.39 is 0 Å². The Balaban J connectivity index is 1.78. The lowest BCUT2D eigenvalue weighted by atomic mass is 10.1. The Morgan fingerprint density at radius 1 is 1.33 bits per heavy atom. The van der Waals surface area contributed by atoms with E-state index in [1.165, 1.54) is 12.8 Å². The number of aromatic nitrogens is 1. The minimum Gasteiger partial charge on any atom is -0.454 e. The number of nitrogens with zero attached hydrogens (tertiary/aromatic N) is 2. The van der Waals surface area contributed by atoms with Gasteiger partial charge < -0.3 is 10.1 Å². The van der Waals surface area contributed by atoms with Crippen LogP contribution in [0, 0.1) is 18.3 Å². The van der Waals surface area contributed by atoms with Crippen molar-refractivity contribution < 1.29 is 4.74 Å². The summed E-state index contributed by atoms with van der Waals surface area (Å²) >= 11 is 0. The van der Waals surface area contributed by atoms with Gasteiger partial charge in [0.25, 0.3) is 0 Å². The third kappa shape index (κ3) is 3.39. The van der Waals surface area contributed by atoms with Crippen LogP contribution in [0.1, 0.15) is 29.7 Å². The summed E-state index contributed by atoms with van der Waals surface area (Å²) in [5, 5.41) is 12.8. The molecule has 4 heteroatoms. The number of hydrogen-bond donors (Lipinski definition) is 1. The summed E-state index contributed by atoms with van der Waals surface area (Å²) in [5.41, 5.74) is 2.46. The lowest BCUT2D eigenvalue weighted by Crippen LogP contribution is -2.15. The fourth-order valence-electron chi connectivity index (χ4n) is 2.11. The number of pyridine rings is 1. The van der Waals surface area contributed by atoms with Crippen molar-refractivity contribution >= 4 is 0 Å². The van der Waals surface area contributed by atoms with Crippen LogP contribution in [0.15, 0.2) is 36.5 Å². The predicted molar refractivity (Wildman–Crippen MR) is 80.1 cm³/mol. The van der Waals surface area contributed by atoms with Crippen molar-refractivity contribution in [2.75, 3.05) is 0 Å². The molecule has 0 atom stereocenters. The summed E-state index contributed by atoms with van der Waals surface area (Å²) in [5.74, 6) is 1.25. The van der Waals surface area contributed by atoms with Gasteiger partial charge in [-0.2, -0.15) is 5.26 Å². The van der Waals surface area contributed by atoms with Crippen molar-refractivity contribution in [3.8, 4) is 17.6 Å². The molecule has 0 bridgehead atoms. The highest BCUT2D eigenvalue weighted by Gasteiger charge is 2.20. The van der Waals surface area contributed by atoms with E-state index in [2.05, 4.69) is 16.4 Å². The molecule has 1 fully saturated rings. The van der Waals surface area contributed by atoms with Crippen molar-refractivity contribution in [1.29, 1.82) is 5.26 Å². The summed E-state index contributed by atoms with van der Waals surface area (Å²) in [6.45, 7) is 2.68. The second kappa shape index (κ2) is 5.94. The topological polar surface area (TPSA) is 57.9 Å². The van der Waals surface area contributed by atoms with Crippen LogP contribution in [0.2, 0.25) is 0 Å². The summed E-state index contributed by atoms with van der Waals surface area (Å²) in [7, 11) is 0. The van der Waals surface area contributed by atoms with E-state index in [0.29, 0.717) is 23.1 Å². The van der Waals surface area contributed by atoms with Gasteiger partial charge in [-0.05, 0) is 49.6 Å². The number of nitrogens with one attached hydrogen (secondary N) is 1. The van der Waals surface area contributed by atoms with Crippen molar-refractivity contribution in [2.45, 2.75) is 32.4 Å². The highest BCUT2D eigenvalue weighted by Crippen LogP contribution is 2.27. The normalized spacial score (nSPS) is 13.7. The molecule has 1 heterocycles. The zero-order valence-corrected chi connectivity index (χ0v) is 12.0. The number of hydrogen-bond acceptors (Lipinski definition) is 4. The molecule has 2 aromatic rings. The minimum atomic E-state index is 0.549. The van der Waals surface area contributed by atoms with Gasteiger partial charge in [0.05, 0.1) is 11.3 Å². The summed E-state index contributed by atoms with van der Waals surface area (Å²) in [4.78, 5) is 4.19. The zero-order valence-electron chi connectivity index (χ0n) is 12.0. The molecule has 0 radical (unpaired) electrons. The van der Waals surface area contributed by atoms with Crippen LogP contribution in [-0.4, -0.2) is 11.0 Å². The fraction of sp³-hybridized carbons (Fsp3) is 0.294. The molecule has 106 valence electrons. The van der Waals surface area contributed by atoms with Gasteiger partial charge in [-0.25, -0.2) is 0 Å². The second-order valence-corrected chi connectivity index (χ2v) is 5.29. The fourth-order valence-corrected chi connectivity index (χ4v) is 2.11. The maximum Gasteiger partial charge on any atom is 0.148 e. The summed E-state index contributed by atoms with van der Waals surface area (Å²) < 4.78 is 5.82. The number of aryl methyl sites for hydroxylation is 1. The van der Waals surface area contributed by atoms with Crippen LogP contribution in [0.25, 0.3) is 0 Å². The van der Waals surface area contributed by atoms with E-state index >= 15 is 0 Å². The second-order valence-electron chi connectivity index (χ2n) is 5.29. The smallest absolute Gasteiger partial charge is 0.148 e.